The van der Waals surface area contributed by atoms with E-state index in [1.807, 2.05) is 97.1 Å². The molecular formula is C50H49N3O3. The summed E-state index contributed by atoms with van der Waals surface area (Å²) in [5.74, 6) is -1.69. The number of unbranched alkanes of at least 4 members (excludes halogenated alkanes) is 1. The number of aliphatic carboxylic acids is 1. The Hall–Kier alpha value is -6.27. The summed E-state index contributed by atoms with van der Waals surface area (Å²) in [7, 11) is 0. The largest absolute Gasteiger partial charge is 0.481 e. The number of carboxylic acid groups (broad SMARTS) is 1. The maximum atomic E-state index is 15.2. The summed E-state index contributed by atoms with van der Waals surface area (Å²) in [5.41, 5.74) is 9.00. The number of imidazole rings is 1. The van der Waals surface area contributed by atoms with Crippen LogP contribution in [0.15, 0.2) is 158 Å². The maximum Gasteiger partial charge on any atom is 0.306 e. The highest BCUT2D eigenvalue weighted by Crippen LogP contribution is 2.49. The molecule has 6 aromatic carbocycles. The van der Waals surface area contributed by atoms with Crippen LogP contribution in [0.1, 0.15) is 56.2 Å². The van der Waals surface area contributed by atoms with Crippen molar-refractivity contribution in [3.63, 3.8) is 0 Å². The highest BCUT2D eigenvalue weighted by atomic mass is 16.4. The molecule has 6 heteroatoms. The number of fused-ring (bicyclic) bond motifs is 1. The Morgan fingerprint density at radius 2 is 1.23 bits per heavy atom. The van der Waals surface area contributed by atoms with Crippen LogP contribution >= 0.6 is 0 Å². The fourth-order valence-electron chi connectivity index (χ4n) is 8.31. The molecule has 1 aromatic heterocycles. The fourth-order valence-corrected chi connectivity index (χ4v) is 8.31. The van der Waals surface area contributed by atoms with Gasteiger partial charge in [-0.2, -0.15) is 0 Å². The SMILES string of the molecule is CCCCC(CC(C(=O)NCCc1ccccc1-c1nc2ccccc2[nH]1)C(C)(c1ccccc1-c1ccccc1)c1ccccc1-c1ccccc1)C(=O)O. The smallest absolute Gasteiger partial charge is 0.306 e. The molecule has 0 aliphatic carbocycles. The Bertz CT molecular complexity index is 2290. The molecule has 1 amide bonds. The van der Waals surface area contributed by atoms with E-state index in [9.17, 15) is 9.90 Å². The van der Waals surface area contributed by atoms with Crippen molar-refractivity contribution >= 4 is 22.9 Å². The average molecular weight is 740 g/mol. The van der Waals surface area contributed by atoms with Crippen LogP contribution in [-0.2, 0) is 21.4 Å². The molecular weight excluding hydrogens is 691 g/mol. The van der Waals surface area contributed by atoms with Crippen molar-refractivity contribution < 1.29 is 14.7 Å². The third-order valence-corrected chi connectivity index (χ3v) is 11.3. The van der Waals surface area contributed by atoms with E-state index in [4.69, 9.17) is 4.98 Å². The number of aromatic amines is 1. The summed E-state index contributed by atoms with van der Waals surface area (Å²) in [6.45, 7) is 4.59. The Balaban J connectivity index is 1.33. The van der Waals surface area contributed by atoms with Crippen molar-refractivity contribution in [1.29, 1.82) is 0 Å². The minimum absolute atomic E-state index is 0.165. The van der Waals surface area contributed by atoms with Crippen LogP contribution in [0.25, 0.3) is 44.7 Å². The number of H-pyrrole nitrogens is 1. The number of amides is 1. The van der Waals surface area contributed by atoms with E-state index in [2.05, 4.69) is 84.8 Å². The van der Waals surface area contributed by atoms with Gasteiger partial charge in [-0.3, -0.25) is 9.59 Å². The minimum atomic E-state index is -0.949. The summed E-state index contributed by atoms with van der Waals surface area (Å²) >= 11 is 0. The second-order valence-corrected chi connectivity index (χ2v) is 14.8. The van der Waals surface area contributed by atoms with Gasteiger partial charge in [0.05, 0.1) is 22.9 Å². The van der Waals surface area contributed by atoms with Crippen LogP contribution in [0.5, 0.6) is 0 Å². The first-order valence-corrected chi connectivity index (χ1v) is 19.7. The normalized spacial score (nSPS) is 12.6. The zero-order valence-electron chi connectivity index (χ0n) is 32.1. The molecule has 0 fully saturated rings. The molecule has 0 aliphatic rings. The number of benzene rings is 6. The highest BCUT2D eigenvalue weighted by molar-refractivity contribution is 5.86. The van der Waals surface area contributed by atoms with Crippen LogP contribution in [0.2, 0.25) is 0 Å². The number of hydrogen-bond acceptors (Lipinski definition) is 3. The Morgan fingerprint density at radius 1 is 0.696 bits per heavy atom. The van der Waals surface area contributed by atoms with E-state index < -0.39 is 23.2 Å². The van der Waals surface area contributed by atoms with Gasteiger partial charge >= 0.3 is 5.97 Å². The van der Waals surface area contributed by atoms with Crippen molar-refractivity contribution in [2.45, 2.75) is 51.4 Å². The molecule has 56 heavy (non-hydrogen) atoms. The molecule has 7 aromatic rings. The molecule has 2 atom stereocenters. The molecule has 0 saturated heterocycles. The van der Waals surface area contributed by atoms with Crippen LogP contribution < -0.4 is 5.32 Å². The Labute approximate surface area is 329 Å². The zero-order chi connectivity index (χ0) is 38.9. The summed E-state index contributed by atoms with van der Waals surface area (Å²) in [6, 6.07) is 53.2. The lowest BCUT2D eigenvalue weighted by molar-refractivity contribution is -0.143. The van der Waals surface area contributed by atoms with Gasteiger partial charge in [0.25, 0.3) is 0 Å². The number of nitrogens with zero attached hydrogens (tertiary/aromatic N) is 1. The van der Waals surface area contributed by atoms with E-state index in [1.165, 1.54) is 0 Å². The van der Waals surface area contributed by atoms with Gasteiger partial charge in [-0.1, -0.05) is 172 Å². The summed E-state index contributed by atoms with van der Waals surface area (Å²) in [5, 5.41) is 14.0. The number of carbonyl (C=O) groups is 2. The zero-order valence-corrected chi connectivity index (χ0v) is 32.1. The molecule has 6 nitrogen and oxygen atoms in total. The summed E-state index contributed by atoms with van der Waals surface area (Å²) < 4.78 is 0. The first-order chi connectivity index (χ1) is 27.4. The van der Waals surface area contributed by atoms with E-state index in [0.29, 0.717) is 19.4 Å². The van der Waals surface area contributed by atoms with Crippen LogP contribution in [0, 0.1) is 11.8 Å². The van der Waals surface area contributed by atoms with E-state index in [-0.39, 0.29) is 12.3 Å². The third kappa shape index (κ3) is 8.06. The standard InChI is InChI=1S/C50H49N3O3/c1-3-4-19-38(49(55)56)34-44(48(54)51-33-32-37-24-11-12-27-41(37)47-52-45-30-17-18-31-46(45)53-47)50(2,42-28-15-13-25-39(42)35-20-7-5-8-21-35)43-29-16-14-26-40(43)36-22-9-6-10-23-36/h5-18,20-31,38,44H,3-4,19,32-34H2,1-2H3,(H,51,54)(H,52,53)(H,55,56). The second kappa shape index (κ2) is 17.5. The highest BCUT2D eigenvalue weighted by Gasteiger charge is 2.46. The first kappa shape index (κ1) is 38.0. The van der Waals surface area contributed by atoms with Gasteiger partial charge in [0.1, 0.15) is 5.82 Å². The number of aromatic nitrogens is 2. The number of nitrogens with one attached hydrogen (secondary N) is 2. The van der Waals surface area contributed by atoms with E-state index in [0.717, 1.165) is 74.2 Å². The molecule has 2 unspecified atom stereocenters. The fraction of sp³-hybridized carbons (Fsp3) is 0.220. The average Bonchev–Trinajstić information content (AvgIpc) is 3.68. The van der Waals surface area contributed by atoms with Crippen LogP contribution in [0.4, 0.5) is 0 Å². The maximum absolute atomic E-state index is 15.2. The van der Waals surface area contributed by atoms with Gasteiger partial charge < -0.3 is 15.4 Å². The van der Waals surface area contributed by atoms with Gasteiger partial charge in [0.15, 0.2) is 0 Å². The first-order valence-electron chi connectivity index (χ1n) is 19.7. The van der Waals surface area contributed by atoms with Gasteiger partial charge in [0, 0.05) is 17.5 Å². The number of rotatable bonds is 16. The topological polar surface area (TPSA) is 95.1 Å². The predicted octanol–water partition coefficient (Wildman–Crippen LogP) is 11.1. The van der Waals surface area contributed by atoms with Crippen LogP contribution in [0.3, 0.4) is 0 Å². The van der Waals surface area contributed by atoms with Crippen molar-refractivity contribution in [3.8, 4) is 33.6 Å². The monoisotopic (exact) mass is 739 g/mol. The van der Waals surface area contributed by atoms with Gasteiger partial charge in [0.2, 0.25) is 5.91 Å². The molecule has 0 spiro atoms. The van der Waals surface area contributed by atoms with Crippen molar-refractivity contribution in [1.82, 2.24) is 15.3 Å². The molecule has 1 heterocycles. The number of hydrogen-bond donors (Lipinski definition) is 3. The molecule has 3 N–H and O–H groups in total. The molecule has 0 saturated carbocycles. The number of para-hydroxylation sites is 2. The number of carboxylic acids is 1. The summed E-state index contributed by atoms with van der Waals surface area (Å²) in [4.78, 5) is 36.6. The molecule has 0 bridgehead atoms. The Kier molecular flexibility index (Phi) is 11.9. The molecule has 7 rings (SSSR count). The van der Waals surface area contributed by atoms with Gasteiger partial charge in [-0.15, -0.1) is 0 Å². The predicted molar refractivity (Wildman–Crippen MR) is 227 cm³/mol. The Morgan fingerprint density at radius 3 is 1.82 bits per heavy atom. The van der Waals surface area contributed by atoms with Crippen molar-refractivity contribution in [2.24, 2.45) is 11.8 Å². The lowest BCUT2D eigenvalue weighted by Crippen LogP contribution is -2.46. The van der Waals surface area contributed by atoms with Crippen LogP contribution in [-0.4, -0.2) is 33.5 Å². The van der Waals surface area contributed by atoms with Gasteiger partial charge in [-0.05, 0) is 70.3 Å². The minimum Gasteiger partial charge on any atom is -0.481 e. The lowest BCUT2D eigenvalue weighted by Gasteiger charge is -2.41. The van der Waals surface area contributed by atoms with E-state index >= 15 is 4.79 Å². The summed E-state index contributed by atoms with van der Waals surface area (Å²) in [6.07, 6.45) is 2.89. The van der Waals surface area contributed by atoms with Crippen molar-refractivity contribution in [2.75, 3.05) is 6.54 Å². The quantitative estimate of drug-likeness (QED) is 0.0919. The molecule has 282 valence electrons. The van der Waals surface area contributed by atoms with Gasteiger partial charge in [-0.25, -0.2) is 4.98 Å². The van der Waals surface area contributed by atoms with E-state index in [1.54, 1.807) is 0 Å². The molecule has 0 aliphatic heterocycles. The van der Waals surface area contributed by atoms with Crippen molar-refractivity contribution in [3.05, 3.63) is 174 Å². The lowest BCUT2D eigenvalue weighted by atomic mass is 9.61. The third-order valence-electron chi connectivity index (χ3n) is 11.3. The second-order valence-electron chi connectivity index (χ2n) is 14.8. The molecule has 0 radical (unpaired) electrons. The number of carbonyl (C=O) groups excluding carboxylic acids is 1.